The molecule has 0 aliphatic carbocycles. The summed E-state index contributed by atoms with van der Waals surface area (Å²) in [5.74, 6) is -0.162. The van der Waals surface area contributed by atoms with Gasteiger partial charge in [-0.15, -0.1) is 0 Å². The van der Waals surface area contributed by atoms with Crippen molar-refractivity contribution in [3.05, 3.63) is 33.9 Å². The standard InChI is InChI=1S/C20H22BrN3O2/c1-2-20-7-3-8-23-9-6-13-14-10-12(21)4-5-16(14)24(17(13)18(20)23)19(25)15(11-20)22-26/h4-5,10,18,26H,2-3,6-9,11H2,1H3/b22-15-. The van der Waals surface area contributed by atoms with Crippen molar-refractivity contribution in [2.75, 3.05) is 13.1 Å². The summed E-state index contributed by atoms with van der Waals surface area (Å²) >= 11 is 3.58. The van der Waals surface area contributed by atoms with Crippen molar-refractivity contribution in [1.29, 1.82) is 0 Å². The van der Waals surface area contributed by atoms with Crippen molar-refractivity contribution in [2.24, 2.45) is 10.6 Å². The number of halogens is 1. The van der Waals surface area contributed by atoms with Gasteiger partial charge in [0, 0.05) is 28.5 Å². The number of fused-ring (bicyclic) bond motifs is 3. The second-order valence-corrected chi connectivity index (χ2v) is 8.81. The zero-order chi connectivity index (χ0) is 18.1. The first kappa shape index (κ1) is 16.5. The molecule has 26 heavy (non-hydrogen) atoms. The second kappa shape index (κ2) is 5.67. The third-order valence-corrected chi connectivity index (χ3v) is 7.34. The Morgan fingerprint density at radius 3 is 3.00 bits per heavy atom. The van der Waals surface area contributed by atoms with Crippen molar-refractivity contribution in [3.8, 4) is 0 Å². The number of carbonyl (C=O) groups excluding carboxylic acids is 1. The lowest BCUT2D eigenvalue weighted by Crippen LogP contribution is -2.49. The summed E-state index contributed by atoms with van der Waals surface area (Å²) in [6.07, 6.45) is 4.70. The molecule has 3 aliphatic rings. The van der Waals surface area contributed by atoms with Crippen LogP contribution in [0.4, 0.5) is 0 Å². The smallest absolute Gasteiger partial charge is 0.280 e. The molecule has 1 fully saturated rings. The third kappa shape index (κ3) is 2.00. The first-order chi connectivity index (χ1) is 12.6. The van der Waals surface area contributed by atoms with Gasteiger partial charge in [0.15, 0.2) is 0 Å². The molecule has 0 radical (unpaired) electrons. The van der Waals surface area contributed by atoms with Gasteiger partial charge in [0.05, 0.1) is 11.6 Å². The monoisotopic (exact) mass is 415 g/mol. The number of oxime groups is 1. The van der Waals surface area contributed by atoms with Crippen molar-refractivity contribution in [1.82, 2.24) is 9.47 Å². The maximum Gasteiger partial charge on any atom is 0.280 e. The number of nitrogens with zero attached hydrogens (tertiary/aromatic N) is 3. The molecule has 1 N–H and O–H groups in total. The quantitative estimate of drug-likeness (QED) is 0.555. The molecule has 3 aliphatic heterocycles. The summed E-state index contributed by atoms with van der Waals surface area (Å²) in [6, 6.07) is 6.34. The van der Waals surface area contributed by atoms with Gasteiger partial charge in [-0.2, -0.15) is 0 Å². The summed E-state index contributed by atoms with van der Waals surface area (Å²) in [5, 5.41) is 14.3. The molecule has 4 heterocycles. The topological polar surface area (TPSA) is 57.8 Å². The van der Waals surface area contributed by atoms with Crippen LogP contribution in [0, 0.1) is 5.41 Å². The van der Waals surface area contributed by atoms with E-state index in [1.165, 1.54) is 5.56 Å². The number of aromatic nitrogens is 1. The Kier molecular flexibility index (Phi) is 3.60. The molecule has 5 nitrogen and oxygen atoms in total. The van der Waals surface area contributed by atoms with E-state index < -0.39 is 0 Å². The Balaban J connectivity index is 1.91. The van der Waals surface area contributed by atoms with E-state index in [1.54, 1.807) is 0 Å². The zero-order valence-electron chi connectivity index (χ0n) is 14.8. The van der Waals surface area contributed by atoms with E-state index in [0.29, 0.717) is 12.1 Å². The number of hydrogen-bond acceptors (Lipinski definition) is 4. The Morgan fingerprint density at radius 2 is 2.23 bits per heavy atom. The van der Waals surface area contributed by atoms with Gasteiger partial charge in [0.2, 0.25) is 0 Å². The fourth-order valence-corrected chi connectivity index (χ4v) is 6.02. The Morgan fingerprint density at radius 1 is 1.38 bits per heavy atom. The number of carbonyl (C=O) groups is 1. The van der Waals surface area contributed by atoms with Gasteiger partial charge in [-0.05, 0) is 61.4 Å². The molecule has 0 saturated carbocycles. The van der Waals surface area contributed by atoms with Crippen LogP contribution in [0.15, 0.2) is 27.8 Å². The lowest BCUT2D eigenvalue weighted by atomic mass is 9.66. The van der Waals surface area contributed by atoms with E-state index >= 15 is 0 Å². The number of rotatable bonds is 1. The van der Waals surface area contributed by atoms with Crippen LogP contribution in [0.5, 0.6) is 0 Å². The van der Waals surface area contributed by atoms with Crippen molar-refractivity contribution in [2.45, 2.75) is 45.1 Å². The lowest BCUT2D eigenvalue weighted by Gasteiger charge is -2.51. The zero-order valence-corrected chi connectivity index (χ0v) is 16.4. The van der Waals surface area contributed by atoms with Gasteiger partial charge in [-0.3, -0.25) is 14.3 Å². The first-order valence-electron chi connectivity index (χ1n) is 9.42. The number of piperidine rings is 1. The molecule has 2 aromatic rings. The van der Waals surface area contributed by atoms with E-state index in [2.05, 4.69) is 39.0 Å². The highest BCUT2D eigenvalue weighted by Crippen LogP contribution is 2.55. The highest BCUT2D eigenvalue weighted by Gasteiger charge is 2.52. The molecule has 136 valence electrons. The molecular formula is C20H22BrN3O2. The molecule has 1 aromatic carbocycles. The minimum Gasteiger partial charge on any atom is -0.410 e. The van der Waals surface area contributed by atoms with Gasteiger partial charge in [0.1, 0.15) is 5.71 Å². The maximum absolute atomic E-state index is 13.4. The first-order valence-corrected chi connectivity index (χ1v) is 10.2. The van der Waals surface area contributed by atoms with E-state index in [9.17, 15) is 10.0 Å². The average molecular weight is 416 g/mol. The van der Waals surface area contributed by atoms with Crippen LogP contribution >= 0.6 is 15.9 Å². The van der Waals surface area contributed by atoms with Crippen molar-refractivity contribution in [3.63, 3.8) is 0 Å². The Hall–Kier alpha value is -1.66. The van der Waals surface area contributed by atoms with Gasteiger partial charge in [0.25, 0.3) is 5.91 Å². The molecular weight excluding hydrogens is 394 g/mol. The maximum atomic E-state index is 13.4. The van der Waals surface area contributed by atoms with Crippen LogP contribution in [-0.4, -0.2) is 39.4 Å². The molecule has 2 atom stereocenters. The summed E-state index contributed by atoms with van der Waals surface area (Å²) in [7, 11) is 0. The van der Waals surface area contributed by atoms with Crippen molar-refractivity contribution < 1.29 is 10.0 Å². The predicted octanol–water partition coefficient (Wildman–Crippen LogP) is 4.37. The summed E-state index contributed by atoms with van der Waals surface area (Å²) in [4.78, 5) is 15.9. The molecule has 5 rings (SSSR count). The number of benzene rings is 1. The van der Waals surface area contributed by atoms with Crippen LogP contribution in [-0.2, 0) is 6.42 Å². The molecule has 0 spiro atoms. The molecule has 0 amide bonds. The minimum absolute atomic E-state index is 0.0372. The SMILES string of the molecule is CCC12CCCN3CCc4c(n(c5ccc(Br)cc45)C(=O)/C(=N\O)C1)C32. The van der Waals surface area contributed by atoms with Gasteiger partial charge in [-0.25, -0.2) is 0 Å². The Bertz CT molecular complexity index is 964. The Labute approximate surface area is 160 Å². The van der Waals surface area contributed by atoms with Crippen LogP contribution in [0.1, 0.15) is 54.7 Å². The van der Waals surface area contributed by atoms with Gasteiger partial charge in [-0.1, -0.05) is 28.0 Å². The van der Waals surface area contributed by atoms with Gasteiger partial charge < -0.3 is 5.21 Å². The average Bonchev–Trinajstić information content (AvgIpc) is 2.93. The van der Waals surface area contributed by atoms with E-state index in [1.807, 2.05) is 16.7 Å². The van der Waals surface area contributed by atoms with E-state index in [-0.39, 0.29) is 17.4 Å². The second-order valence-electron chi connectivity index (χ2n) is 7.90. The van der Waals surface area contributed by atoms with Crippen LogP contribution in [0.25, 0.3) is 10.9 Å². The predicted molar refractivity (Wildman–Crippen MR) is 104 cm³/mol. The molecule has 1 aromatic heterocycles. The molecule has 1 saturated heterocycles. The van der Waals surface area contributed by atoms with E-state index in [4.69, 9.17) is 0 Å². The fraction of sp³-hybridized carbons (Fsp3) is 0.500. The third-order valence-electron chi connectivity index (χ3n) is 6.84. The summed E-state index contributed by atoms with van der Waals surface area (Å²) in [5.41, 5.74) is 3.64. The van der Waals surface area contributed by atoms with Crippen LogP contribution in [0.3, 0.4) is 0 Å². The summed E-state index contributed by atoms with van der Waals surface area (Å²) in [6.45, 7) is 4.33. The summed E-state index contributed by atoms with van der Waals surface area (Å²) < 4.78 is 2.88. The normalized spacial score (nSPS) is 29.8. The fourth-order valence-electron chi connectivity index (χ4n) is 5.66. The molecule has 6 heteroatoms. The highest BCUT2D eigenvalue weighted by molar-refractivity contribution is 9.10. The minimum atomic E-state index is -0.162. The van der Waals surface area contributed by atoms with Gasteiger partial charge >= 0.3 is 0 Å². The number of hydrogen-bond donors (Lipinski definition) is 1. The lowest BCUT2D eigenvalue weighted by molar-refractivity contribution is 0.00376. The van der Waals surface area contributed by atoms with Crippen LogP contribution < -0.4 is 0 Å². The molecule has 2 unspecified atom stereocenters. The highest BCUT2D eigenvalue weighted by atomic mass is 79.9. The van der Waals surface area contributed by atoms with Crippen LogP contribution in [0.2, 0.25) is 0 Å². The molecule has 0 bridgehead atoms. The van der Waals surface area contributed by atoms with E-state index in [0.717, 1.165) is 59.8 Å². The largest absolute Gasteiger partial charge is 0.410 e. The van der Waals surface area contributed by atoms with Crippen molar-refractivity contribution >= 4 is 38.5 Å².